The molecule has 0 aliphatic heterocycles. The zero-order valence-corrected chi connectivity index (χ0v) is 12.8. The summed E-state index contributed by atoms with van der Waals surface area (Å²) in [6.45, 7) is 4.31. The van der Waals surface area contributed by atoms with Crippen LogP contribution in [0.3, 0.4) is 0 Å². The smallest absolute Gasteiger partial charge is 0.336 e. The molecule has 1 heterocycles. The van der Waals surface area contributed by atoms with Crippen LogP contribution in [0.1, 0.15) is 24.2 Å². The summed E-state index contributed by atoms with van der Waals surface area (Å²) in [7, 11) is -3.76. The molecule has 0 atom stereocenters. The highest BCUT2D eigenvalue weighted by Crippen LogP contribution is 2.20. The highest BCUT2D eigenvalue weighted by molar-refractivity contribution is 7.91. The summed E-state index contributed by atoms with van der Waals surface area (Å²) >= 11 is 0.850. The molecule has 1 aromatic heterocycles. The Kier molecular flexibility index (Phi) is 6.56. The van der Waals surface area contributed by atoms with Gasteiger partial charge >= 0.3 is 5.97 Å². The Morgan fingerprint density at radius 3 is 2.45 bits per heavy atom. The quantitative estimate of drug-likeness (QED) is 0.660. The number of ether oxygens (including phenoxy) is 2. The molecule has 0 fully saturated rings. The van der Waals surface area contributed by atoms with Gasteiger partial charge in [-0.25, -0.2) is 17.9 Å². The van der Waals surface area contributed by atoms with Crippen molar-refractivity contribution in [2.75, 3.05) is 19.8 Å². The lowest BCUT2D eigenvalue weighted by atomic mass is 10.4. The highest BCUT2D eigenvalue weighted by atomic mass is 32.2. The van der Waals surface area contributed by atoms with Gasteiger partial charge < -0.3 is 14.6 Å². The maximum Gasteiger partial charge on any atom is 0.336 e. The average molecular weight is 323 g/mol. The van der Waals surface area contributed by atoms with Crippen molar-refractivity contribution in [3.05, 3.63) is 17.0 Å². The summed E-state index contributed by atoms with van der Waals surface area (Å²) in [5.41, 5.74) is -0.0541. The first kappa shape index (κ1) is 17.1. The van der Waals surface area contributed by atoms with Gasteiger partial charge in [0, 0.05) is 18.6 Å². The number of carboxylic acids is 1. The molecule has 0 aliphatic carbocycles. The third-order valence-corrected chi connectivity index (χ3v) is 5.10. The van der Waals surface area contributed by atoms with Gasteiger partial charge in [0.1, 0.15) is 4.21 Å². The molecule has 0 amide bonds. The Hall–Kier alpha value is -1.00. The molecule has 7 nitrogen and oxygen atoms in total. The second-order valence-corrected chi connectivity index (χ2v) is 6.56. The zero-order valence-electron chi connectivity index (χ0n) is 11.2. The van der Waals surface area contributed by atoms with E-state index >= 15 is 0 Å². The van der Waals surface area contributed by atoms with Crippen LogP contribution in [-0.2, 0) is 19.5 Å². The Labute approximate surface area is 121 Å². The van der Waals surface area contributed by atoms with Crippen LogP contribution in [0.2, 0.25) is 0 Å². The van der Waals surface area contributed by atoms with Gasteiger partial charge in [-0.15, -0.1) is 11.3 Å². The van der Waals surface area contributed by atoms with Crippen molar-refractivity contribution in [3.63, 3.8) is 0 Å². The number of nitrogens with one attached hydrogen (secondary N) is 1. The van der Waals surface area contributed by atoms with Crippen molar-refractivity contribution in [1.82, 2.24) is 4.72 Å². The van der Waals surface area contributed by atoms with E-state index in [-0.39, 0.29) is 16.3 Å². The standard InChI is InChI=1S/C11H17NO6S2/c1-3-17-9(18-4-2)6-12-20(15,16)10-5-8(7-19-10)11(13)14/h5,7,9,12H,3-4,6H2,1-2H3,(H,13,14). The van der Waals surface area contributed by atoms with E-state index in [0.717, 1.165) is 17.4 Å². The third kappa shape index (κ3) is 4.84. The number of rotatable bonds is 9. The van der Waals surface area contributed by atoms with Crippen molar-refractivity contribution in [1.29, 1.82) is 0 Å². The normalized spacial score (nSPS) is 11.9. The first-order valence-electron chi connectivity index (χ1n) is 5.95. The first-order chi connectivity index (χ1) is 9.40. The lowest BCUT2D eigenvalue weighted by molar-refractivity contribution is -0.130. The van der Waals surface area contributed by atoms with E-state index in [0.29, 0.717) is 13.2 Å². The van der Waals surface area contributed by atoms with Crippen molar-refractivity contribution in [2.45, 2.75) is 24.3 Å². The molecule has 114 valence electrons. The number of carbonyl (C=O) groups is 1. The molecule has 1 aromatic rings. The minimum absolute atomic E-state index is 0.0374. The summed E-state index contributed by atoms with van der Waals surface area (Å²) in [5.74, 6) is -1.16. The largest absolute Gasteiger partial charge is 0.478 e. The van der Waals surface area contributed by atoms with Gasteiger partial charge in [0.2, 0.25) is 10.0 Å². The van der Waals surface area contributed by atoms with E-state index in [1.807, 2.05) is 0 Å². The number of sulfonamides is 1. The van der Waals surface area contributed by atoms with Crippen LogP contribution >= 0.6 is 11.3 Å². The van der Waals surface area contributed by atoms with Crippen LogP contribution in [0.4, 0.5) is 0 Å². The number of hydrogen-bond acceptors (Lipinski definition) is 6. The van der Waals surface area contributed by atoms with E-state index in [2.05, 4.69) is 4.72 Å². The van der Waals surface area contributed by atoms with E-state index in [9.17, 15) is 13.2 Å². The topological polar surface area (TPSA) is 102 Å². The molecule has 1 rings (SSSR count). The van der Waals surface area contributed by atoms with Crippen molar-refractivity contribution < 1.29 is 27.8 Å². The maximum absolute atomic E-state index is 12.0. The fraction of sp³-hybridized carbons (Fsp3) is 0.545. The van der Waals surface area contributed by atoms with Crippen LogP contribution in [-0.4, -0.2) is 45.5 Å². The fourth-order valence-electron chi connectivity index (χ4n) is 1.36. The average Bonchev–Trinajstić information content (AvgIpc) is 2.87. The Morgan fingerprint density at radius 1 is 1.40 bits per heavy atom. The van der Waals surface area contributed by atoms with E-state index in [1.165, 1.54) is 5.38 Å². The minimum Gasteiger partial charge on any atom is -0.478 e. The predicted molar refractivity (Wildman–Crippen MR) is 73.5 cm³/mol. The van der Waals surface area contributed by atoms with E-state index < -0.39 is 22.3 Å². The van der Waals surface area contributed by atoms with Crippen LogP contribution < -0.4 is 4.72 Å². The Bertz CT molecular complexity index is 533. The van der Waals surface area contributed by atoms with Crippen LogP contribution in [0, 0.1) is 0 Å². The number of hydrogen-bond donors (Lipinski definition) is 2. The Balaban J connectivity index is 2.70. The van der Waals surface area contributed by atoms with E-state index in [4.69, 9.17) is 14.6 Å². The third-order valence-electron chi connectivity index (χ3n) is 2.23. The molecule has 0 unspecified atom stereocenters. The van der Waals surface area contributed by atoms with Gasteiger partial charge in [-0.1, -0.05) is 0 Å². The summed E-state index contributed by atoms with van der Waals surface area (Å²) in [6.07, 6.45) is -0.668. The molecule has 2 N–H and O–H groups in total. The summed E-state index contributed by atoms with van der Waals surface area (Å²) in [4.78, 5) is 10.7. The minimum atomic E-state index is -3.76. The molecule has 0 saturated heterocycles. The van der Waals surface area contributed by atoms with E-state index in [1.54, 1.807) is 13.8 Å². The first-order valence-corrected chi connectivity index (χ1v) is 8.31. The molecule has 0 radical (unpaired) electrons. The number of aromatic carboxylic acids is 1. The molecular weight excluding hydrogens is 306 g/mol. The van der Waals surface area contributed by atoms with Gasteiger partial charge in [0.25, 0.3) is 0 Å². The lowest BCUT2D eigenvalue weighted by Crippen LogP contribution is -2.35. The molecule has 0 bridgehead atoms. The van der Waals surface area contributed by atoms with Gasteiger partial charge in [0.15, 0.2) is 6.29 Å². The summed E-state index contributed by atoms with van der Waals surface area (Å²) in [5, 5.41) is 10.1. The van der Waals surface area contributed by atoms with Crippen molar-refractivity contribution in [2.24, 2.45) is 0 Å². The second kappa shape index (κ2) is 7.70. The zero-order chi connectivity index (χ0) is 15.2. The van der Waals surface area contributed by atoms with Crippen molar-refractivity contribution >= 4 is 27.3 Å². The molecular formula is C11H17NO6S2. The monoisotopic (exact) mass is 323 g/mol. The lowest BCUT2D eigenvalue weighted by Gasteiger charge is -2.17. The predicted octanol–water partition coefficient (Wildman–Crippen LogP) is 1.12. The van der Waals surface area contributed by atoms with Gasteiger partial charge in [-0.2, -0.15) is 0 Å². The Morgan fingerprint density at radius 2 is 2.00 bits per heavy atom. The molecule has 0 saturated carbocycles. The molecule has 0 aliphatic rings. The number of thiophene rings is 1. The van der Waals surface area contributed by atoms with Crippen molar-refractivity contribution in [3.8, 4) is 0 Å². The molecule has 9 heteroatoms. The number of carboxylic acid groups (broad SMARTS) is 1. The molecule has 0 aromatic carbocycles. The maximum atomic E-state index is 12.0. The van der Waals surface area contributed by atoms with Gasteiger partial charge in [-0.05, 0) is 19.9 Å². The fourth-order valence-corrected chi connectivity index (χ4v) is 3.57. The van der Waals surface area contributed by atoms with Crippen LogP contribution in [0.15, 0.2) is 15.7 Å². The van der Waals surface area contributed by atoms with Gasteiger partial charge in [0.05, 0.1) is 12.1 Å². The van der Waals surface area contributed by atoms with Crippen LogP contribution in [0.5, 0.6) is 0 Å². The SMILES string of the molecule is CCOC(CNS(=O)(=O)c1cc(C(=O)O)cs1)OCC. The summed E-state index contributed by atoms with van der Waals surface area (Å²) < 4.78 is 36.7. The molecule has 20 heavy (non-hydrogen) atoms. The summed E-state index contributed by atoms with van der Waals surface area (Å²) in [6, 6.07) is 1.12. The second-order valence-electron chi connectivity index (χ2n) is 3.65. The highest BCUT2D eigenvalue weighted by Gasteiger charge is 2.20. The van der Waals surface area contributed by atoms with Gasteiger partial charge in [-0.3, -0.25) is 0 Å². The molecule has 0 spiro atoms. The van der Waals surface area contributed by atoms with Crippen LogP contribution in [0.25, 0.3) is 0 Å².